The Kier molecular flexibility index (Phi) is 10.1. The summed E-state index contributed by atoms with van der Waals surface area (Å²) in [4.78, 5) is 28.5. The van der Waals surface area contributed by atoms with Gasteiger partial charge in [-0.3, -0.25) is 13.9 Å². The van der Waals surface area contributed by atoms with Crippen LogP contribution in [0, 0.1) is 0 Å². The molecule has 0 heterocycles. The third-order valence-corrected chi connectivity index (χ3v) is 8.12. The molecule has 0 radical (unpaired) electrons. The lowest BCUT2D eigenvalue weighted by atomic mass is 10.1. The Morgan fingerprint density at radius 1 is 1.11 bits per heavy atom. The topological polar surface area (TPSA) is 96.0 Å². The smallest absolute Gasteiger partial charge is 0.244 e. The maximum absolute atomic E-state index is 13.8. The Labute approximate surface area is 228 Å². The first-order valence-electron chi connectivity index (χ1n) is 12.2. The Hall–Kier alpha value is -2.49. The molecule has 1 fully saturated rings. The van der Waals surface area contributed by atoms with Crippen LogP contribution in [0.15, 0.2) is 42.5 Å². The molecule has 1 saturated carbocycles. The molecule has 1 aliphatic carbocycles. The maximum Gasteiger partial charge on any atom is 0.244 e. The van der Waals surface area contributed by atoms with Crippen molar-refractivity contribution in [3.63, 3.8) is 0 Å². The van der Waals surface area contributed by atoms with Gasteiger partial charge in [0.1, 0.15) is 18.3 Å². The van der Waals surface area contributed by atoms with Crippen LogP contribution in [-0.2, 0) is 26.2 Å². The lowest BCUT2D eigenvalue weighted by molar-refractivity contribution is -0.140. The number of hydrogen-bond donors (Lipinski definition) is 1. The average molecular weight is 571 g/mol. The Morgan fingerprint density at radius 3 is 2.30 bits per heavy atom. The molecule has 37 heavy (non-hydrogen) atoms. The molecule has 0 spiro atoms. The average Bonchev–Trinajstić information content (AvgIpc) is 3.35. The second-order valence-electron chi connectivity index (χ2n) is 9.15. The summed E-state index contributed by atoms with van der Waals surface area (Å²) in [6.07, 6.45) is 5.30. The number of anilines is 1. The third-order valence-electron chi connectivity index (χ3n) is 6.46. The number of carbonyl (C=O) groups is 2. The van der Waals surface area contributed by atoms with Crippen LogP contribution in [0.5, 0.6) is 5.75 Å². The number of ether oxygens (including phenoxy) is 1. The summed E-state index contributed by atoms with van der Waals surface area (Å²) in [5.74, 6) is -0.111. The van der Waals surface area contributed by atoms with Gasteiger partial charge in [-0.25, -0.2) is 8.42 Å². The van der Waals surface area contributed by atoms with Crippen LogP contribution in [-0.4, -0.2) is 57.1 Å². The molecule has 0 unspecified atom stereocenters. The number of rotatable bonds is 11. The van der Waals surface area contributed by atoms with Crippen LogP contribution in [0.4, 0.5) is 5.69 Å². The molecule has 202 valence electrons. The fourth-order valence-electron chi connectivity index (χ4n) is 4.49. The minimum atomic E-state index is -3.89. The van der Waals surface area contributed by atoms with Gasteiger partial charge in [0.15, 0.2) is 0 Å². The van der Waals surface area contributed by atoms with Crippen LogP contribution in [0.2, 0.25) is 10.0 Å². The summed E-state index contributed by atoms with van der Waals surface area (Å²) < 4.78 is 31.6. The first-order chi connectivity index (χ1) is 17.5. The number of amides is 2. The van der Waals surface area contributed by atoms with Crippen molar-refractivity contribution in [3.05, 3.63) is 58.1 Å². The van der Waals surface area contributed by atoms with E-state index in [1.165, 1.54) is 23.1 Å². The quantitative estimate of drug-likeness (QED) is 0.425. The van der Waals surface area contributed by atoms with Gasteiger partial charge in [0, 0.05) is 17.6 Å². The van der Waals surface area contributed by atoms with Crippen LogP contribution in [0.3, 0.4) is 0 Å². The highest BCUT2D eigenvalue weighted by Gasteiger charge is 2.33. The molecule has 1 N–H and O–H groups in total. The molecule has 2 aromatic carbocycles. The van der Waals surface area contributed by atoms with Gasteiger partial charge in [0.2, 0.25) is 21.8 Å². The standard InChI is InChI=1S/C26H33Cl2N3O5S/c1-4-23(26(33)29-20-7-5-6-8-20)30(16-18-9-12-21(36-2)13-10-18)25(32)17-31(37(3,34)35)24-14-11-19(27)15-22(24)28/h9-15,20,23H,4-8,16-17H2,1-3H3,(H,29,33)/t23-/m0/s1. The van der Waals surface area contributed by atoms with Crippen molar-refractivity contribution < 1.29 is 22.7 Å². The van der Waals surface area contributed by atoms with E-state index in [0.717, 1.165) is 41.8 Å². The predicted octanol–water partition coefficient (Wildman–Crippen LogP) is 4.63. The van der Waals surface area contributed by atoms with Gasteiger partial charge >= 0.3 is 0 Å². The van der Waals surface area contributed by atoms with Gasteiger partial charge in [0.05, 0.1) is 24.1 Å². The number of sulfonamides is 1. The van der Waals surface area contributed by atoms with Gasteiger partial charge in [-0.15, -0.1) is 0 Å². The van der Waals surface area contributed by atoms with Crippen molar-refractivity contribution in [1.29, 1.82) is 0 Å². The number of methoxy groups -OCH3 is 1. The number of nitrogens with one attached hydrogen (secondary N) is 1. The van der Waals surface area contributed by atoms with Crippen molar-refractivity contribution in [2.75, 3.05) is 24.2 Å². The summed E-state index contributed by atoms with van der Waals surface area (Å²) in [7, 11) is -2.33. The zero-order valence-electron chi connectivity index (χ0n) is 21.2. The molecule has 1 atom stereocenters. The van der Waals surface area contributed by atoms with Gasteiger partial charge in [0.25, 0.3) is 0 Å². The highest BCUT2D eigenvalue weighted by Crippen LogP contribution is 2.31. The summed E-state index contributed by atoms with van der Waals surface area (Å²) in [5.41, 5.74) is 0.909. The molecule has 0 bridgehead atoms. The predicted molar refractivity (Wildman–Crippen MR) is 147 cm³/mol. The number of halogens is 2. The van der Waals surface area contributed by atoms with Crippen LogP contribution in [0.25, 0.3) is 0 Å². The molecule has 11 heteroatoms. The molecule has 8 nitrogen and oxygen atoms in total. The maximum atomic E-state index is 13.8. The van der Waals surface area contributed by atoms with Gasteiger partial charge in [-0.1, -0.05) is 55.1 Å². The fraction of sp³-hybridized carbons (Fsp3) is 0.462. The second-order valence-corrected chi connectivity index (χ2v) is 11.9. The fourth-order valence-corrected chi connectivity index (χ4v) is 5.92. The normalized spacial score (nSPS) is 14.7. The minimum Gasteiger partial charge on any atom is -0.497 e. The largest absolute Gasteiger partial charge is 0.497 e. The molecule has 0 aliphatic heterocycles. The van der Waals surface area contributed by atoms with E-state index >= 15 is 0 Å². The van der Waals surface area contributed by atoms with E-state index in [1.807, 2.05) is 19.1 Å². The summed E-state index contributed by atoms with van der Waals surface area (Å²) in [5, 5.41) is 3.51. The van der Waals surface area contributed by atoms with E-state index in [1.54, 1.807) is 19.2 Å². The number of hydrogen-bond acceptors (Lipinski definition) is 5. The molecular formula is C26H33Cl2N3O5S. The molecule has 1 aliphatic rings. The minimum absolute atomic E-state index is 0.0832. The first kappa shape index (κ1) is 29.1. The van der Waals surface area contributed by atoms with E-state index in [4.69, 9.17) is 27.9 Å². The van der Waals surface area contributed by atoms with Crippen LogP contribution in [0.1, 0.15) is 44.6 Å². The van der Waals surface area contributed by atoms with Crippen LogP contribution >= 0.6 is 23.2 Å². The molecule has 2 amide bonds. The monoisotopic (exact) mass is 569 g/mol. The second kappa shape index (κ2) is 12.8. The summed E-state index contributed by atoms with van der Waals surface area (Å²) in [6.45, 7) is 1.42. The Balaban J connectivity index is 1.94. The number of carbonyl (C=O) groups excluding carboxylic acids is 2. The van der Waals surface area contributed by atoms with E-state index in [9.17, 15) is 18.0 Å². The van der Waals surface area contributed by atoms with Crippen molar-refractivity contribution in [2.45, 2.75) is 57.7 Å². The van der Waals surface area contributed by atoms with Crippen LogP contribution < -0.4 is 14.4 Å². The summed E-state index contributed by atoms with van der Waals surface area (Å²) in [6, 6.07) is 10.8. The third kappa shape index (κ3) is 7.75. The lowest BCUT2D eigenvalue weighted by Gasteiger charge is -2.33. The van der Waals surface area contributed by atoms with E-state index in [0.29, 0.717) is 17.2 Å². The molecule has 0 saturated heterocycles. The van der Waals surface area contributed by atoms with Gasteiger partial charge < -0.3 is 15.0 Å². The highest BCUT2D eigenvalue weighted by molar-refractivity contribution is 7.92. The van der Waals surface area contributed by atoms with E-state index in [-0.39, 0.29) is 29.2 Å². The number of nitrogens with zero attached hydrogens (tertiary/aromatic N) is 2. The Morgan fingerprint density at radius 2 is 1.76 bits per heavy atom. The SMILES string of the molecule is CC[C@@H](C(=O)NC1CCCC1)N(Cc1ccc(OC)cc1)C(=O)CN(c1ccc(Cl)cc1Cl)S(C)(=O)=O. The van der Waals surface area contributed by atoms with Gasteiger partial charge in [-0.2, -0.15) is 0 Å². The Bertz CT molecular complexity index is 1200. The zero-order chi connectivity index (χ0) is 27.2. The van der Waals surface area contributed by atoms with Gasteiger partial charge in [-0.05, 0) is 55.2 Å². The molecule has 0 aromatic heterocycles. The molecular weight excluding hydrogens is 537 g/mol. The zero-order valence-corrected chi connectivity index (χ0v) is 23.6. The van der Waals surface area contributed by atoms with Crippen molar-refractivity contribution in [2.24, 2.45) is 0 Å². The number of benzene rings is 2. The highest BCUT2D eigenvalue weighted by atomic mass is 35.5. The van der Waals surface area contributed by atoms with Crippen molar-refractivity contribution >= 4 is 50.7 Å². The lowest BCUT2D eigenvalue weighted by Crippen LogP contribution is -2.53. The molecule has 3 rings (SSSR count). The van der Waals surface area contributed by atoms with Crippen molar-refractivity contribution in [1.82, 2.24) is 10.2 Å². The van der Waals surface area contributed by atoms with Crippen molar-refractivity contribution in [3.8, 4) is 5.75 Å². The molecule has 2 aromatic rings. The van der Waals surface area contributed by atoms with E-state index in [2.05, 4.69) is 5.32 Å². The first-order valence-corrected chi connectivity index (χ1v) is 14.8. The summed E-state index contributed by atoms with van der Waals surface area (Å²) >= 11 is 12.3. The van der Waals surface area contributed by atoms with E-state index < -0.39 is 28.5 Å².